The number of hydrogen-bond donors (Lipinski definition) is 1. The van der Waals surface area contributed by atoms with Crippen molar-refractivity contribution in [1.29, 1.82) is 0 Å². The van der Waals surface area contributed by atoms with Crippen LogP contribution in [-0.2, 0) is 4.74 Å². The molecule has 0 atom stereocenters. The number of carbonyl (C=O) groups excluding carboxylic acids is 1. The van der Waals surface area contributed by atoms with Crippen LogP contribution in [0, 0.1) is 5.92 Å². The molecule has 0 saturated carbocycles. The molecular weight excluding hydrogens is 378 g/mol. The van der Waals surface area contributed by atoms with Crippen LogP contribution in [0.2, 0.25) is 5.15 Å². The van der Waals surface area contributed by atoms with E-state index in [4.69, 9.17) is 22.1 Å². The number of pyridine rings is 2. The van der Waals surface area contributed by atoms with Gasteiger partial charge in [0.05, 0.1) is 11.0 Å². The van der Waals surface area contributed by atoms with Crippen LogP contribution in [0.3, 0.4) is 0 Å². The Kier molecular flexibility index (Phi) is 5.56. The molecular formula is C20H24ClN5O2. The number of likely N-dealkylation sites (tertiary alicyclic amines) is 1. The molecule has 3 heterocycles. The molecule has 3 rings (SSSR count). The highest BCUT2D eigenvalue weighted by Gasteiger charge is 2.36. The fourth-order valence-electron chi connectivity index (χ4n) is 2.94. The van der Waals surface area contributed by atoms with Crippen molar-refractivity contribution in [2.45, 2.75) is 26.4 Å². The molecule has 1 aliphatic rings. The molecule has 28 heavy (non-hydrogen) atoms. The zero-order valence-corrected chi connectivity index (χ0v) is 17.2. The lowest BCUT2D eigenvalue weighted by Gasteiger charge is -2.40. The molecule has 0 radical (unpaired) electrons. The van der Waals surface area contributed by atoms with Gasteiger partial charge < -0.3 is 15.4 Å². The van der Waals surface area contributed by atoms with Gasteiger partial charge in [-0.2, -0.15) is 0 Å². The van der Waals surface area contributed by atoms with E-state index in [9.17, 15) is 4.79 Å². The lowest BCUT2D eigenvalue weighted by molar-refractivity contribution is 0.00364. The molecule has 0 bridgehead atoms. The highest BCUT2D eigenvalue weighted by Crippen LogP contribution is 2.28. The van der Waals surface area contributed by atoms with E-state index in [0.29, 0.717) is 29.5 Å². The Balaban J connectivity index is 1.84. The van der Waals surface area contributed by atoms with Crippen molar-refractivity contribution < 1.29 is 9.53 Å². The van der Waals surface area contributed by atoms with E-state index in [1.165, 1.54) is 0 Å². The maximum Gasteiger partial charge on any atom is 0.410 e. The maximum atomic E-state index is 12.1. The van der Waals surface area contributed by atoms with Gasteiger partial charge in [0.25, 0.3) is 0 Å². The molecule has 2 N–H and O–H groups in total. The second-order valence-corrected chi connectivity index (χ2v) is 8.12. The Morgan fingerprint density at radius 2 is 2.07 bits per heavy atom. The average Bonchev–Trinajstić information content (AvgIpc) is 2.55. The molecule has 1 saturated heterocycles. The van der Waals surface area contributed by atoms with E-state index in [0.717, 1.165) is 16.7 Å². The number of carbonyl (C=O) groups is 1. The van der Waals surface area contributed by atoms with Crippen LogP contribution in [0.4, 0.5) is 4.79 Å². The van der Waals surface area contributed by atoms with Crippen molar-refractivity contribution in [3.63, 3.8) is 0 Å². The normalized spacial score (nSPS) is 16.2. The summed E-state index contributed by atoms with van der Waals surface area (Å²) in [5.74, 6) is 0.0311. The first kappa shape index (κ1) is 20.1. The summed E-state index contributed by atoms with van der Waals surface area (Å²) in [6.45, 7) is 6.55. The average molecular weight is 402 g/mol. The molecule has 148 valence electrons. The molecule has 1 amide bonds. The number of aliphatic imine (C=N–C) groups is 1. The van der Waals surface area contributed by atoms with Crippen molar-refractivity contribution in [3.05, 3.63) is 40.8 Å². The van der Waals surface area contributed by atoms with Crippen molar-refractivity contribution in [1.82, 2.24) is 14.9 Å². The summed E-state index contributed by atoms with van der Waals surface area (Å²) in [7, 11) is 1.69. The van der Waals surface area contributed by atoms with E-state index < -0.39 is 5.60 Å². The zero-order chi connectivity index (χ0) is 20.5. The van der Waals surface area contributed by atoms with Gasteiger partial charge in [-0.25, -0.2) is 9.78 Å². The first-order chi connectivity index (χ1) is 13.2. The zero-order valence-electron chi connectivity index (χ0n) is 16.4. The third-order valence-electron chi connectivity index (χ3n) is 4.36. The quantitative estimate of drug-likeness (QED) is 0.627. The first-order valence-corrected chi connectivity index (χ1v) is 9.38. The Bertz CT molecular complexity index is 959. The number of rotatable bonds is 3. The summed E-state index contributed by atoms with van der Waals surface area (Å²) >= 11 is 6.00. The minimum Gasteiger partial charge on any atom is -0.444 e. The van der Waals surface area contributed by atoms with Gasteiger partial charge in [-0.05, 0) is 39.0 Å². The Hall–Kier alpha value is -2.67. The van der Waals surface area contributed by atoms with E-state index >= 15 is 0 Å². The van der Waals surface area contributed by atoms with Gasteiger partial charge in [0.1, 0.15) is 10.8 Å². The van der Waals surface area contributed by atoms with Crippen molar-refractivity contribution in [3.8, 4) is 0 Å². The highest BCUT2D eigenvalue weighted by atomic mass is 35.5. The topological polar surface area (TPSA) is 93.7 Å². The number of nitrogens with zero attached hydrogens (tertiary/aromatic N) is 4. The van der Waals surface area contributed by atoms with Gasteiger partial charge in [0, 0.05) is 55.3 Å². The first-order valence-electron chi connectivity index (χ1n) is 9.00. The largest absolute Gasteiger partial charge is 0.444 e. The summed E-state index contributed by atoms with van der Waals surface area (Å²) in [6.07, 6.45) is 3.12. The minimum atomic E-state index is -0.519. The molecule has 7 nitrogen and oxygen atoms in total. The van der Waals surface area contributed by atoms with E-state index in [2.05, 4.69) is 15.0 Å². The summed E-state index contributed by atoms with van der Waals surface area (Å²) in [4.78, 5) is 26.7. The molecule has 2 aromatic rings. The number of nitrogens with two attached hydrogens (primary N) is 1. The van der Waals surface area contributed by atoms with Crippen LogP contribution in [0.15, 0.2) is 35.1 Å². The highest BCUT2D eigenvalue weighted by molar-refractivity contribution is 6.29. The van der Waals surface area contributed by atoms with Gasteiger partial charge in [-0.1, -0.05) is 11.6 Å². The lowest BCUT2D eigenvalue weighted by atomic mass is 9.91. The number of aromatic nitrogens is 2. The fraction of sp³-hybridized carbons (Fsp3) is 0.400. The Labute approximate surface area is 169 Å². The molecule has 0 aromatic carbocycles. The molecule has 8 heteroatoms. The van der Waals surface area contributed by atoms with E-state index in [-0.39, 0.29) is 12.0 Å². The number of amides is 1. The van der Waals surface area contributed by atoms with Crippen molar-refractivity contribution in [2.75, 3.05) is 20.1 Å². The lowest BCUT2D eigenvalue weighted by Crippen LogP contribution is -2.53. The van der Waals surface area contributed by atoms with E-state index in [1.54, 1.807) is 30.4 Å². The third kappa shape index (κ3) is 4.42. The third-order valence-corrected chi connectivity index (χ3v) is 4.57. The van der Waals surface area contributed by atoms with Gasteiger partial charge in [-0.3, -0.25) is 9.98 Å². The molecule has 2 aromatic heterocycles. The predicted molar refractivity (Wildman–Crippen MR) is 111 cm³/mol. The number of ether oxygens (including phenoxy) is 1. The summed E-state index contributed by atoms with van der Waals surface area (Å²) in [5.41, 5.74) is 9.59. The molecule has 1 fully saturated rings. The van der Waals surface area contributed by atoms with Gasteiger partial charge in [-0.15, -0.1) is 0 Å². The molecule has 0 unspecified atom stereocenters. The van der Waals surface area contributed by atoms with Gasteiger partial charge >= 0.3 is 6.09 Å². The van der Waals surface area contributed by atoms with Gasteiger partial charge in [0.15, 0.2) is 0 Å². The number of fused-ring (bicyclic) bond motifs is 1. The SMILES string of the molecule is CN=CC(=C(N)C1CN(C(=O)OC(C)(C)C)C1)c1cnc2ccc(Cl)nc2c1. The van der Waals surface area contributed by atoms with E-state index in [1.807, 2.05) is 32.9 Å². The molecule has 0 aliphatic carbocycles. The second kappa shape index (κ2) is 7.75. The maximum absolute atomic E-state index is 12.1. The van der Waals surface area contributed by atoms with Gasteiger partial charge in [0.2, 0.25) is 0 Å². The molecule has 0 spiro atoms. The smallest absolute Gasteiger partial charge is 0.410 e. The summed E-state index contributed by atoms with van der Waals surface area (Å²) < 4.78 is 5.39. The second-order valence-electron chi connectivity index (χ2n) is 7.73. The molecule has 1 aliphatic heterocycles. The fourth-order valence-corrected chi connectivity index (χ4v) is 3.10. The van der Waals surface area contributed by atoms with Crippen LogP contribution in [0.1, 0.15) is 26.3 Å². The Morgan fingerprint density at radius 1 is 1.36 bits per heavy atom. The van der Waals surface area contributed by atoms with Crippen molar-refractivity contribution >= 4 is 40.5 Å². The van der Waals surface area contributed by atoms with Crippen LogP contribution >= 0.6 is 11.6 Å². The van der Waals surface area contributed by atoms with Crippen LogP contribution < -0.4 is 5.73 Å². The predicted octanol–water partition coefficient (Wildman–Crippen LogP) is 3.52. The number of halogens is 1. The van der Waals surface area contributed by atoms with Crippen LogP contribution in [0.5, 0.6) is 0 Å². The number of hydrogen-bond acceptors (Lipinski definition) is 6. The summed E-state index contributed by atoms with van der Waals surface area (Å²) in [5, 5.41) is 0.404. The standard InChI is InChI=1S/C20H24ClN5O2/c1-20(2,3)28-19(27)26-10-13(11-26)18(22)14(9-23-4)12-7-16-15(24-8-12)5-6-17(21)25-16/h5-9,13H,10-11,22H2,1-4H3. The Morgan fingerprint density at radius 3 is 2.71 bits per heavy atom. The monoisotopic (exact) mass is 401 g/mol. The minimum absolute atomic E-state index is 0.0311. The summed E-state index contributed by atoms with van der Waals surface area (Å²) in [6, 6.07) is 5.41. The van der Waals surface area contributed by atoms with Crippen LogP contribution in [0.25, 0.3) is 16.6 Å². The number of allylic oxidation sites excluding steroid dienone is 1. The van der Waals surface area contributed by atoms with Crippen molar-refractivity contribution in [2.24, 2.45) is 16.6 Å². The van der Waals surface area contributed by atoms with Crippen LogP contribution in [-0.4, -0.2) is 52.9 Å².